The van der Waals surface area contributed by atoms with Crippen molar-refractivity contribution in [2.45, 2.75) is 33.1 Å². The molecule has 2 heterocycles. The van der Waals surface area contributed by atoms with E-state index in [0.717, 1.165) is 42.7 Å². The zero-order chi connectivity index (χ0) is 15.7. The number of carboxylic acids is 1. The molecule has 1 N–H and O–H groups in total. The number of aromatic nitrogens is 3. The zero-order valence-electron chi connectivity index (χ0n) is 12.9. The van der Waals surface area contributed by atoms with Crippen LogP contribution in [0.1, 0.15) is 40.9 Å². The fraction of sp³-hybridized carbons (Fsp3) is 0.438. The molecule has 1 saturated heterocycles. The van der Waals surface area contributed by atoms with Gasteiger partial charge in [-0.05, 0) is 50.3 Å². The van der Waals surface area contributed by atoms with Gasteiger partial charge in [-0.1, -0.05) is 12.1 Å². The number of nitrogens with zero attached hydrogens (tertiary/aromatic N) is 4. The van der Waals surface area contributed by atoms with Crippen LogP contribution >= 0.6 is 0 Å². The molecule has 0 aliphatic carbocycles. The van der Waals surface area contributed by atoms with Crippen LogP contribution in [0.4, 0.5) is 5.82 Å². The number of hydrogen-bond acceptors (Lipinski definition) is 4. The molecule has 2 aromatic rings. The Morgan fingerprint density at radius 3 is 2.55 bits per heavy atom. The van der Waals surface area contributed by atoms with Gasteiger partial charge in [-0.3, -0.25) is 0 Å². The predicted molar refractivity (Wildman–Crippen MR) is 83.9 cm³/mol. The molecule has 1 aromatic heterocycles. The van der Waals surface area contributed by atoms with Crippen molar-refractivity contribution in [2.75, 3.05) is 18.0 Å². The van der Waals surface area contributed by atoms with Crippen molar-refractivity contribution in [3.05, 3.63) is 35.0 Å². The number of hydrogen-bond donors (Lipinski definition) is 1. The monoisotopic (exact) mass is 300 g/mol. The normalized spacial score (nSPS) is 15.1. The molecular weight excluding hydrogens is 280 g/mol. The minimum absolute atomic E-state index is 0.0304. The van der Waals surface area contributed by atoms with Crippen molar-refractivity contribution in [1.29, 1.82) is 0 Å². The van der Waals surface area contributed by atoms with Crippen LogP contribution in [-0.2, 0) is 0 Å². The molecule has 6 nitrogen and oxygen atoms in total. The molecule has 22 heavy (non-hydrogen) atoms. The number of piperidine rings is 1. The highest BCUT2D eigenvalue weighted by Gasteiger charge is 2.25. The Balaban J connectivity index is 2.06. The number of benzene rings is 1. The predicted octanol–water partition coefficient (Wildman–Crippen LogP) is 2.57. The third-order valence-electron chi connectivity index (χ3n) is 4.03. The summed E-state index contributed by atoms with van der Waals surface area (Å²) >= 11 is 0. The first kappa shape index (κ1) is 14.6. The first-order chi connectivity index (χ1) is 10.6. The highest BCUT2D eigenvalue weighted by molar-refractivity contribution is 5.91. The van der Waals surface area contributed by atoms with Crippen molar-refractivity contribution in [3.63, 3.8) is 0 Å². The fourth-order valence-corrected chi connectivity index (χ4v) is 2.80. The number of rotatable bonds is 3. The Morgan fingerprint density at radius 1 is 1.14 bits per heavy atom. The molecule has 1 aromatic carbocycles. The van der Waals surface area contributed by atoms with E-state index in [1.165, 1.54) is 11.2 Å². The molecule has 1 aliphatic heterocycles. The van der Waals surface area contributed by atoms with Gasteiger partial charge in [0, 0.05) is 13.1 Å². The number of carbonyl (C=O) groups is 1. The molecule has 0 bridgehead atoms. The highest BCUT2D eigenvalue weighted by Crippen LogP contribution is 2.23. The van der Waals surface area contributed by atoms with Crippen LogP contribution in [0.5, 0.6) is 0 Å². The summed E-state index contributed by atoms with van der Waals surface area (Å²) < 4.78 is 0. The van der Waals surface area contributed by atoms with Gasteiger partial charge in [0.25, 0.3) is 0 Å². The first-order valence-corrected chi connectivity index (χ1v) is 7.59. The van der Waals surface area contributed by atoms with E-state index >= 15 is 0 Å². The molecule has 1 fully saturated rings. The fourth-order valence-electron chi connectivity index (χ4n) is 2.80. The maximum Gasteiger partial charge on any atom is 0.360 e. The molecule has 3 rings (SSSR count). The maximum atomic E-state index is 11.5. The molecule has 0 atom stereocenters. The second-order valence-corrected chi connectivity index (χ2v) is 5.80. The van der Waals surface area contributed by atoms with Crippen LogP contribution in [0, 0.1) is 13.8 Å². The van der Waals surface area contributed by atoms with Crippen molar-refractivity contribution < 1.29 is 9.90 Å². The van der Waals surface area contributed by atoms with Gasteiger partial charge in [-0.15, -0.1) is 15.0 Å². The van der Waals surface area contributed by atoms with E-state index < -0.39 is 5.97 Å². The number of aryl methyl sites for hydroxylation is 2. The second-order valence-electron chi connectivity index (χ2n) is 5.80. The minimum atomic E-state index is -1.03. The lowest BCUT2D eigenvalue weighted by molar-refractivity contribution is 0.0690. The van der Waals surface area contributed by atoms with Gasteiger partial charge in [-0.2, -0.15) is 0 Å². The van der Waals surface area contributed by atoms with Gasteiger partial charge in [0.2, 0.25) is 5.69 Å². The third-order valence-corrected chi connectivity index (χ3v) is 4.03. The lowest BCUT2D eigenvalue weighted by Crippen LogP contribution is -2.31. The highest BCUT2D eigenvalue weighted by atomic mass is 16.4. The van der Waals surface area contributed by atoms with Crippen LogP contribution in [-0.4, -0.2) is 39.2 Å². The zero-order valence-corrected chi connectivity index (χ0v) is 12.9. The Hall–Kier alpha value is -2.37. The molecule has 0 spiro atoms. The average molecular weight is 300 g/mol. The smallest absolute Gasteiger partial charge is 0.360 e. The van der Waals surface area contributed by atoms with Crippen molar-refractivity contribution in [1.82, 2.24) is 15.0 Å². The van der Waals surface area contributed by atoms with E-state index in [1.54, 1.807) is 0 Å². The van der Waals surface area contributed by atoms with E-state index in [9.17, 15) is 9.90 Å². The summed E-state index contributed by atoms with van der Waals surface area (Å²) in [5.41, 5.74) is 2.96. The number of anilines is 1. The maximum absolute atomic E-state index is 11.5. The molecule has 1 aliphatic rings. The van der Waals surface area contributed by atoms with Crippen molar-refractivity contribution in [3.8, 4) is 5.69 Å². The van der Waals surface area contributed by atoms with Gasteiger partial charge in [0.05, 0.1) is 5.69 Å². The summed E-state index contributed by atoms with van der Waals surface area (Å²) in [5.74, 6) is -0.551. The van der Waals surface area contributed by atoms with E-state index in [-0.39, 0.29) is 5.69 Å². The minimum Gasteiger partial charge on any atom is -0.476 e. The summed E-state index contributed by atoms with van der Waals surface area (Å²) in [6, 6.07) is 5.99. The molecule has 0 radical (unpaired) electrons. The quantitative estimate of drug-likeness (QED) is 0.943. The molecular formula is C16H20N4O2. The second kappa shape index (κ2) is 5.79. The lowest BCUT2D eigenvalue weighted by Gasteiger charge is -2.26. The molecule has 0 amide bonds. The third kappa shape index (κ3) is 2.68. The van der Waals surface area contributed by atoms with Gasteiger partial charge in [-0.25, -0.2) is 4.79 Å². The summed E-state index contributed by atoms with van der Waals surface area (Å²) in [4.78, 5) is 15.0. The van der Waals surface area contributed by atoms with E-state index in [2.05, 4.69) is 10.2 Å². The van der Waals surface area contributed by atoms with Crippen LogP contribution < -0.4 is 4.90 Å². The van der Waals surface area contributed by atoms with E-state index in [1.807, 2.05) is 36.9 Å². The van der Waals surface area contributed by atoms with E-state index in [0.29, 0.717) is 5.82 Å². The molecule has 0 unspecified atom stereocenters. The Bertz CT molecular complexity index is 702. The lowest BCUT2D eigenvalue weighted by atomic mass is 10.1. The number of carboxylic acid groups (broad SMARTS) is 1. The van der Waals surface area contributed by atoms with Gasteiger partial charge < -0.3 is 10.0 Å². The topological polar surface area (TPSA) is 71.2 Å². The van der Waals surface area contributed by atoms with Crippen LogP contribution in [0.2, 0.25) is 0 Å². The SMILES string of the molecule is Cc1ccc(C)c(-n2nc(C(=O)O)c(N3CCCCC3)n2)c1. The summed E-state index contributed by atoms with van der Waals surface area (Å²) in [6.07, 6.45) is 3.31. The van der Waals surface area contributed by atoms with Crippen LogP contribution in [0.3, 0.4) is 0 Å². The molecule has 6 heteroatoms. The van der Waals surface area contributed by atoms with Gasteiger partial charge >= 0.3 is 5.97 Å². The van der Waals surface area contributed by atoms with Gasteiger partial charge in [0.1, 0.15) is 0 Å². The van der Waals surface area contributed by atoms with Gasteiger partial charge in [0.15, 0.2) is 5.82 Å². The first-order valence-electron chi connectivity index (χ1n) is 7.59. The van der Waals surface area contributed by atoms with E-state index in [4.69, 9.17) is 0 Å². The largest absolute Gasteiger partial charge is 0.476 e. The Kier molecular flexibility index (Phi) is 3.83. The van der Waals surface area contributed by atoms with Crippen molar-refractivity contribution in [2.24, 2.45) is 0 Å². The summed E-state index contributed by atoms with van der Waals surface area (Å²) in [5, 5.41) is 18.1. The molecule has 0 saturated carbocycles. The van der Waals surface area contributed by atoms with Crippen molar-refractivity contribution >= 4 is 11.8 Å². The summed E-state index contributed by atoms with van der Waals surface area (Å²) in [7, 11) is 0. The molecule has 116 valence electrons. The van der Waals surface area contributed by atoms with Crippen LogP contribution in [0.15, 0.2) is 18.2 Å². The standard InChI is InChI=1S/C16H20N4O2/c1-11-6-7-12(2)13(10-11)20-17-14(16(21)22)15(18-20)19-8-4-3-5-9-19/h6-7,10H,3-5,8-9H2,1-2H3,(H,21,22). The Morgan fingerprint density at radius 2 is 1.86 bits per heavy atom. The number of aromatic carboxylic acids is 1. The van der Waals surface area contributed by atoms with Crippen LogP contribution in [0.25, 0.3) is 5.69 Å². The Labute approximate surface area is 129 Å². The average Bonchev–Trinajstić information content (AvgIpc) is 2.96. The summed E-state index contributed by atoms with van der Waals surface area (Å²) in [6.45, 7) is 5.65.